The average Bonchev–Trinajstić information content (AvgIpc) is 3.08. The molecule has 2 N–H and O–H groups in total. The summed E-state index contributed by atoms with van der Waals surface area (Å²) in [5.74, 6) is -1.70. The third-order valence-corrected chi connectivity index (χ3v) is 4.92. The topological polar surface area (TPSA) is 99.8 Å². The summed E-state index contributed by atoms with van der Waals surface area (Å²) in [5, 5.41) is 11.6. The molecule has 1 aliphatic carbocycles. The van der Waals surface area contributed by atoms with E-state index in [4.69, 9.17) is 9.52 Å². The normalized spacial score (nSPS) is 24.5. The van der Waals surface area contributed by atoms with Gasteiger partial charge in [0.1, 0.15) is 0 Å². The number of carboxylic acids is 1. The lowest BCUT2D eigenvalue weighted by Crippen LogP contribution is -2.37. The largest absolute Gasteiger partial charge is 0.475 e. The van der Waals surface area contributed by atoms with Gasteiger partial charge < -0.3 is 19.7 Å². The van der Waals surface area contributed by atoms with Crippen LogP contribution in [0.5, 0.6) is 0 Å². The number of furan rings is 1. The molecule has 2 fully saturated rings. The molecule has 2 aromatic rings. The molecule has 1 aromatic carbocycles. The highest BCUT2D eigenvalue weighted by atomic mass is 16.4. The fraction of sp³-hybridized carbons (Fsp3) is 0.316. The van der Waals surface area contributed by atoms with Crippen molar-refractivity contribution < 1.29 is 23.9 Å². The molecule has 3 unspecified atom stereocenters. The van der Waals surface area contributed by atoms with E-state index >= 15 is 0 Å². The van der Waals surface area contributed by atoms with Crippen LogP contribution in [0.2, 0.25) is 0 Å². The molecule has 0 spiro atoms. The zero-order chi connectivity index (χ0) is 18.3. The monoisotopic (exact) mass is 354 g/mol. The number of carbonyl (C=O) groups excluding carboxylic acids is 2. The van der Waals surface area contributed by atoms with E-state index in [1.165, 1.54) is 17.7 Å². The van der Waals surface area contributed by atoms with Gasteiger partial charge in [0.15, 0.2) is 5.76 Å². The summed E-state index contributed by atoms with van der Waals surface area (Å²) >= 11 is 0. The predicted molar refractivity (Wildman–Crippen MR) is 90.8 cm³/mol. The van der Waals surface area contributed by atoms with E-state index in [1.807, 2.05) is 23.1 Å². The Labute approximate surface area is 149 Å². The van der Waals surface area contributed by atoms with Crippen molar-refractivity contribution in [2.45, 2.75) is 30.8 Å². The van der Waals surface area contributed by atoms with Crippen LogP contribution >= 0.6 is 0 Å². The molecule has 7 heteroatoms. The van der Waals surface area contributed by atoms with E-state index in [-0.39, 0.29) is 35.9 Å². The number of benzene rings is 1. The van der Waals surface area contributed by atoms with Gasteiger partial charge in [-0.1, -0.05) is 30.3 Å². The molecule has 1 saturated carbocycles. The second kappa shape index (κ2) is 6.33. The second-order valence-corrected chi connectivity index (χ2v) is 6.71. The van der Waals surface area contributed by atoms with Gasteiger partial charge in [0.05, 0.1) is 6.04 Å². The van der Waals surface area contributed by atoms with Gasteiger partial charge in [0.2, 0.25) is 11.7 Å². The maximum atomic E-state index is 12.3. The zero-order valence-corrected chi connectivity index (χ0v) is 13.9. The molecular weight excluding hydrogens is 336 g/mol. The van der Waals surface area contributed by atoms with Gasteiger partial charge >= 0.3 is 5.97 Å². The van der Waals surface area contributed by atoms with E-state index in [0.717, 1.165) is 6.42 Å². The number of amides is 2. The molecule has 0 bridgehead atoms. The number of nitrogens with zero attached hydrogens (tertiary/aromatic N) is 1. The molecule has 1 saturated heterocycles. The summed E-state index contributed by atoms with van der Waals surface area (Å²) in [5.41, 5.74) is 1.23. The number of likely N-dealkylation sites (tertiary alicyclic amines) is 1. The SMILES string of the molecule is O=C(O)c1ccc(C(=O)NC2CC(=O)N(C3CC3c3ccccc3)C2)o1. The molecule has 2 heterocycles. The number of carbonyl (C=O) groups is 3. The fourth-order valence-electron chi connectivity index (χ4n) is 3.56. The molecular formula is C19H18N2O5. The first-order valence-corrected chi connectivity index (χ1v) is 8.51. The van der Waals surface area contributed by atoms with Gasteiger partial charge in [-0.3, -0.25) is 9.59 Å². The van der Waals surface area contributed by atoms with Crippen LogP contribution in [0.25, 0.3) is 0 Å². The van der Waals surface area contributed by atoms with E-state index in [1.54, 1.807) is 0 Å². The molecule has 1 aromatic heterocycles. The second-order valence-electron chi connectivity index (χ2n) is 6.71. The van der Waals surface area contributed by atoms with Gasteiger partial charge in [-0.2, -0.15) is 0 Å². The number of nitrogens with one attached hydrogen (secondary N) is 1. The van der Waals surface area contributed by atoms with Crippen LogP contribution in [0.1, 0.15) is 45.4 Å². The molecule has 4 rings (SSSR count). The first-order valence-electron chi connectivity index (χ1n) is 8.51. The quantitative estimate of drug-likeness (QED) is 0.854. The Bertz CT molecular complexity index is 860. The Morgan fingerprint density at radius 3 is 2.54 bits per heavy atom. The van der Waals surface area contributed by atoms with Crippen LogP contribution in [0.4, 0.5) is 0 Å². The third-order valence-electron chi connectivity index (χ3n) is 4.92. The minimum atomic E-state index is -1.23. The first-order chi connectivity index (χ1) is 12.5. The summed E-state index contributed by atoms with van der Waals surface area (Å²) in [4.78, 5) is 37.2. The predicted octanol–water partition coefficient (Wildman–Crippen LogP) is 1.86. The summed E-state index contributed by atoms with van der Waals surface area (Å²) < 4.78 is 5.00. The highest BCUT2D eigenvalue weighted by Crippen LogP contribution is 2.45. The number of hydrogen-bond acceptors (Lipinski definition) is 4. The van der Waals surface area contributed by atoms with Crippen LogP contribution in [-0.2, 0) is 4.79 Å². The molecule has 134 valence electrons. The number of aromatic carboxylic acids is 1. The van der Waals surface area contributed by atoms with E-state index in [9.17, 15) is 14.4 Å². The van der Waals surface area contributed by atoms with E-state index in [2.05, 4.69) is 17.4 Å². The van der Waals surface area contributed by atoms with Crippen molar-refractivity contribution in [1.82, 2.24) is 10.2 Å². The summed E-state index contributed by atoms with van der Waals surface area (Å²) in [6, 6.07) is 12.5. The summed E-state index contributed by atoms with van der Waals surface area (Å²) in [7, 11) is 0. The van der Waals surface area contributed by atoms with Crippen molar-refractivity contribution in [2.24, 2.45) is 0 Å². The molecule has 2 aliphatic rings. The highest BCUT2D eigenvalue weighted by molar-refractivity contribution is 5.94. The highest BCUT2D eigenvalue weighted by Gasteiger charge is 2.48. The fourth-order valence-corrected chi connectivity index (χ4v) is 3.56. The molecule has 2 amide bonds. The molecule has 26 heavy (non-hydrogen) atoms. The molecule has 1 aliphatic heterocycles. The standard InChI is InChI=1S/C19H18N2O5/c22-17-8-12(20-18(23)15-6-7-16(26-15)19(24)25)10-21(17)14-9-13(14)11-4-2-1-3-5-11/h1-7,12-14H,8-10H2,(H,20,23)(H,24,25). The average molecular weight is 354 g/mol. The van der Waals surface area contributed by atoms with E-state index in [0.29, 0.717) is 12.5 Å². The molecule has 0 radical (unpaired) electrons. The van der Waals surface area contributed by atoms with Crippen molar-refractivity contribution in [3.05, 3.63) is 59.5 Å². The zero-order valence-electron chi connectivity index (χ0n) is 13.9. The Hall–Kier alpha value is -3.09. The van der Waals surface area contributed by atoms with Crippen molar-refractivity contribution in [1.29, 1.82) is 0 Å². The Morgan fingerprint density at radius 2 is 1.85 bits per heavy atom. The van der Waals surface area contributed by atoms with Gasteiger partial charge in [0.25, 0.3) is 5.91 Å². The molecule has 7 nitrogen and oxygen atoms in total. The molecule has 3 atom stereocenters. The van der Waals surface area contributed by atoms with Gasteiger partial charge in [0, 0.05) is 24.9 Å². The van der Waals surface area contributed by atoms with Crippen LogP contribution < -0.4 is 5.32 Å². The van der Waals surface area contributed by atoms with Crippen molar-refractivity contribution >= 4 is 17.8 Å². The van der Waals surface area contributed by atoms with Crippen LogP contribution in [-0.4, -0.2) is 46.4 Å². The minimum absolute atomic E-state index is 0.0319. The van der Waals surface area contributed by atoms with Gasteiger partial charge in [-0.15, -0.1) is 0 Å². The lowest BCUT2D eigenvalue weighted by molar-refractivity contribution is -0.128. The smallest absolute Gasteiger partial charge is 0.371 e. The van der Waals surface area contributed by atoms with Crippen LogP contribution in [0.15, 0.2) is 46.9 Å². The minimum Gasteiger partial charge on any atom is -0.475 e. The van der Waals surface area contributed by atoms with Crippen LogP contribution in [0, 0.1) is 0 Å². The van der Waals surface area contributed by atoms with Gasteiger partial charge in [-0.25, -0.2) is 4.79 Å². The number of carboxylic acid groups (broad SMARTS) is 1. The van der Waals surface area contributed by atoms with Crippen LogP contribution in [0.3, 0.4) is 0 Å². The Balaban J connectivity index is 1.36. The Kier molecular flexibility index (Phi) is 3.99. The van der Waals surface area contributed by atoms with Crippen molar-refractivity contribution in [3.8, 4) is 0 Å². The first kappa shape index (κ1) is 16.4. The van der Waals surface area contributed by atoms with Crippen molar-refractivity contribution in [2.75, 3.05) is 6.54 Å². The van der Waals surface area contributed by atoms with E-state index < -0.39 is 11.9 Å². The third kappa shape index (κ3) is 3.08. The maximum absolute atomic E-state index is 12.3. The maximum Gasteiger partial charge on any atom is 0.371 e. The Morgan fingerprint density at radius 1 is 1.12 bits per heavy atom. The number of hydrogen-bond donors (Lipinski definition) is 2. The van der Waals surface area contributed by atoms with Crippen molar-refractivity contribution in [3.63, 3.8) is 0 Å². The van der Waals surface area contributed by atoms with Gasteiger partial charge in [-0.05, 0) is 24.1 Å². The number of rotatable bonds is 5. The summed E-state index contributed by atoms with van der Waals surface area (Å²) in [6.07, 6.45) is 1.19. The summed E-state index contributed by atoms with van der Waals surface area (Å²) in [6.45, 7) is 0.463. The lowest BCUT2D eigenvalue weighted by Gasteiger charge is -2.17. The lowest BCUT2D eigenvalue weighted by atomic mass is 10.1.